The molecule has 1 fully saturated rings. The first-order valence-electron chi connectivity index (χ1n) is 12.4. The second kappa shape index (κ2) is 11.5. The van der Waals surface area contributed by atoms with Crippen LogP contribution >= 0.6 is 11.6 Å². The first-order valence-corrected chi connectivity index (χ1v) is 12.8. The van der Waals surface area contributed by atoms with Crippen molar-refractivity contribution < 1.29 is 19.0 Å². The van der Waals surface area contributed by atoms with Gasteiger partial charge < -0.3 is 19.5 Å². The SMILES string of the molecule is COc1cc(C(=O)Nc2ncnc3cc(OCc4ccccc4)cc(OC4CCCCC4)c23)ccc1Cl. The lowest BCUT2D eigenvalue weighted by atomic mass is 9.98. The number of carbonyl (C=O) groups excluding carboxylic acids is 1. The standard InChI is InChI=1S/C29H28ClN3O4/c1-35-25-14-20(12-13-23(25)30)29(34)33-28-27-24(31-18-32-28)15-22(36-17-19-8-4-2-5-9-19)16-26(27)37-21-10-6-3-7-11-21/h2,4-5,8-9,12-16,18,21H,3,6-7,10-11,17H2,1H3,(H,31,32,33,34). The molecule has 1 aliphatic carbocycles. The average Bonchev–Trinajstić information content (AvgIpc) is 2.93. The summed E-state index contributed by atoms with van der Waals surface area (Å²) in [7, 11) is 1.51. The molecule has 1 aliphatic rings. The Balaban J connectivity index is 1.48. The molecule has 0 spiro atoms. The molecule has 0 radical (unpaired) electrons. The van der Waals surface area contributed by atoms with Crippen molar-refractivity contribution in [2.75, 3.05) is 12.4 Å². The fourth-order valence-electron chi connectivity index (χ4n) is 4.48. The monoisotopic (exact) mass is 517 g/mol. The van der Waals surface area contributed by atoms with Crippen molar-refractivity contribution in [2.45, 2.75) is 44.8 Å². The molecule has 1 aromatic heterocycles. The number of ether oxygens (including phenoxy) is 3. The molecule has 1 amide bonds. The summed E-state index contributed by atoms with van der Waals surface area (Å²) in [6.45, 7) is 0.419. The Morgan fingerprint density at radius 2 is 1.81 bits per heavy atom. The molecule has 0 bridgehead atoms. The van der Waals surface area contributed by atoms with E-state index in [4.69, 9.17) is 25.8 Å². The number of hydrogen-bond acceptors (Lipinski definition) is 6. The lowest BCUT2D eigenvalue weighted by Crippen LogP contribution is -2.20. The van der Waals surface area contributed by atoms with Gasteiger partial charge in [-0.2, -0.15) is 0 Å². The third kappa shape index (κ3) is 5.94. The number of benzene rings is 3. The number of methoxy groups -OCH3 is 1. The number of fused-ring (bicyclic) bond motifs is 1. The highest BCUT2D eigenvalue weighted by Gasteiger charge is 2.21. The molecular weight excluding hydrogens is 490 g/mol. The summed E-state index contributed by atoms with van der Waals surface area (Å²) in [4.78, 5) is 22.0. The Kier molecular flexibility index (Phi) is 7.70. The van der Waals surface area contributed by atoms with Crippen LogP contribution in [0.4, 0.5) is 5.82 Å². The largest absolute Gasteiger partial charge is 0.495 e. The molecule has 0 saturated heterocycles. The Hall–Kier alpha value is -3.84. The molecule has 0 atom stereocenters. The fourth-order valence-corrected chi connectivity index (χ4v) is 4.68. The van der Waals surface area contributed by atoms with Gasteiger partial charge in [0.2, 0.25) is 0 Å². The van der Waals surface area contributed by atoms with Gasteiger partial charge in [-0.1, -0.05) is 48.4 Å². The second-order valence-electron chi connectivity index (χ2n) is 8.99. The lowest BCUT2D eigenvalue weighted by molar-refractivity contribution is 0.102. The second-order valence-corrected chi connectivity index (χ2v) is 9.40. The van der Waals surface area contributed by atoms with Crippen molar-refractivity contribution in [2.24, 2.45) is 0 Å². The van der Waals surface area contributed by atoms with Crippen LogP contribution in [0, 0.1) is 0 Å². The molecule has 0 aliphatic heterocycles. The third-order valence-electron chi connectivity index (χ3n) is 6.41. The van der Waals surface area contributed by atoms with Crippen molar-refractivity contribution >= 4 is 34.2 Å². The van der Waals surface area contributed by atoms with E-state index in [0.717, 1.165) is 31.2 Å². The van der Waals surface area contributed by atoms with Crippen LogP contribution in [0.3, 0.4) is 0 Å². The quantitative estimate of drug-likeness (QED) is 0.275. The minimum atomic E-state index is -0.344. The highest BCUT2D eigenvalue weighted by Crippen LogP contribution is 2.37. The van der Waals surface area contributed by atoms with Crippen LogP contribution in [0.2, 0.25) is 5.02 Å². The molecule has 7 nitrogen and oxygen atoms in total. The van der Waals surface area contributed by atoms with Gasteiger partial charge in [0, 0.05) is 17.7 Å². The minimum absolute atomic E-state index is 0.0885. The molecule has 0 unspecified atom stereocenters. The van der Waals surface area contributed by atoms with Crippen molar-refractivity contribution in [1.29, 1.82) is 0 Å². The predicted molar refractivity (Wildman–Crippen MR) is 144 cm³/mol. The topological polar surface area (TPSA) is 82.6 Å². The van der Waals surface area contributed by atoms with Crippen LogP contribution < -0.4 is 19.5 Å². The normalized spacial score (nSPS) is 13.8. The highest BCUT2D eigenvalue weighted by molar-refractivity contribution is 6.32. The molecule has 1 N–H and O–H groups in total. The van der Waals surface area contributed by atoms with Crippen molar-refractivity contribution in [3.05, 3.63) is 83.1 Å². The van der Waals surface area contributed by atoms with Crippen molar-refractivity contribution in [3.8, 4) is 17.2 Å². The number of aromatic nitrogens is 2. The van der Waals surface area contributed by atoms with E-state index in [1.54, 1.807) is 18.2 Å². The van der Waals surface area contributed by atoms with Crippen LogP contribution in [0.5, 0.6) is 17.2 Å². The molecule has 190 valence electrons. The summed E-state index contributed by atoms with van der Waals surface area (Å²) in [5.74, 6) is 1.67. The number of halogens is 1. The molecule has 5 rings (SSSR count). The fraction of sp³-hybridized carbons (Fsp3) is 0.276. The smallest absolute Gasteiger partial charge is 0.256 e. The maximum Gasteiger partial charge on any atom is 0.256 e. The Morgan fingerprint density at radius 3 is 2.59 bits per heavy atom. The zero-order valence-electron chi connectivity index (χ0n) is 20.6. The van der Waals surface area contributed by atoms with Crippen molar-refractivity contribution in [1.82, 2.24) is 9.97 Å². The maximum absolute atomic E-state index is 13.1. The van der Waals surface area contributed by atoms with Gasteiger partial charge in [0.15, 0.2) is 0 Å². The Morgan fingerprint density at radius 1 is 1.00 bits per heavy atom. The first-order chi connectivity index (χ1) is 18.1. The number of carbonyl (C=O) groups is 1. The zero-order chi connectivity index (χ0) is 25.6. The molecule has 37 heavy (non-hydrogen) atoms. The molecule has 4 aromatic rings. The summed E-state index contributed by atoms with van der Waals surface area (Å²) in [6, 6.07) is 18.5. The summed E-state index contributed by atoms with van der Waals surface area (Å²) in [5, 5.41) is 3.98. The number of amides is 1. The van der Waals surface area contributed by atoms with E-state index in [-0.39, 0.29) is 12.0 Å². The van der Waals surface area contributed by atoms with E-state index in [0.29, 0.717) is 51.2 Å². The molecule has 1 saturated carbocycles. The molecular formula is C29H28ClN3O4. The van der Waals surface area contributed by atoms with E-state index >= 15 is 0 Å². The number of hydrogen-bond donors (Lipinski definition) is 1. The number of rotatable bonds is 8. The van der Waals surface area contributed by atoms with Crippen LogP contribution in [-0.4, -0.2) is 29.1 Å². The zero-order valence-corrected chi connectivity index (χ0v) is 21.3. The van der Waals surface area contributed by atoms with Gasteiger partial charge in [-0.3, -0.25) is 4.79 Å². The summed E-state index contributed by atoms with van der Waals surface area (Å²) in [5.41, 5.74) is 2.08. The van der Waals surface area contributed by atoms with Gasteiger partial charge in [-0.05, 0) is 49.4 Å². The minimum Gasteiger partial charge on any atom is -0.495 e. The summed E-state index contributed by atoms with van der Waals surface area (Å²) >= 11 is 6.13. The maximum atomic E-state index is 13.1. The van der Waals surface area contributed by atoms with Gasteiger partial charge in [-0.15, -0.1) is 0 Å². The van der Waals surface area contributed by atoms with Crippen molar-refractivity contribution in [3.63, 3.8) is 0 Å². The lowest BCUT2D eigenvalue weighted by Gasteiger charge is -2.24. The van der Waals surface area contributed by atoms with Gasteiger partial charge in [0.05, 0.1) is 29.1 Å². The third-order valence-corrected chi connectivity index (χ3v) is 6.73. The number of nitrogens with one attached hydrogen (secondary N) is 1. The van der Waals surface area contributed by atoms with Crippen LogP contribution in [0.15, 0.2) is 67.0 Å². The van der Waals surface area contributed by atoms with E-state index < -0.39 is 0 Å². The van der Waals surface area contributed by atoms with E-state index in [1.807, 2.05) is 42.5 Å². The van der Waals surface area contributed by atoms with Gasteiger partial charge in [0.25, 0.3) is 5.91 Å². The average molecular weight is 518 g/mol. The molecule has 8 heteroatoms. The predicted octanol–water partition coefficient (Wildman–Crippen LogP) is 6.83. The first kappa shape index (κ1) is 24.8. The van der Waals surface area contributed by atoms with Crippen LogP contribution in [-0.2, 0) is 6.61 Å². The molecule has 3 aromatic carbocycles. The number of anilines is 1. The van der Waals surface area contributed by atoms with Gasteiger partial charge in [0.1, 0.15) is 36.0 Å². The van der Waals surface area contributed by atoms with Gasteiger partial charge in [-0.25, -0.2) is 9.97 Å². The summed E-state index contributed by atoms with van der Waals surface area (Å²) in [6.07, 6.45) is 6.95. The number of nitrogens with zero attached hydrogens (tertiary/aromatic N) is 2. The Bertz CT molecular complexity index is 1390. The van der Waals surface area contributed by atoms with Gasteiger partial charge >= 0.3 is 0 Å². The molecule has 1 heterocycles. The highest BCUT2D eigenvalue weighted by atomic mass is 35.5. The van der Waals surface area contributed by atoms with Crippen LogP contribution in [0.1, 0.15) is 48.0 Å². The summed E-state index contributed by atoms with van der Waals surface area (Å²) < 4.78 is 17.9. The van der Waals surface area contributed by atoms with E-state index in [1.165, 1.54) is 19.9 Å². The van der Waals surface area contributed by atoms with E-state index in [2.05, 4.69) is 15.3 Å². The van der Waals surface area contributed by atoms with E-state index in [9.17, 15) is 4.79 Å². The Labute approximate surface area is 220 Å². The van der Waals surface area contributed by atoms with Crippen LogP contribution in [0.25, 0.3) is 10.9 Å².